The number of amides is 2. The van der Waals surface area contributed by atoms with E-state index in [0.29, 0.717) is 12.0 Å². The summed E-state index contributed by atoms with van der Waals surface area (Å²) in [5.41, 5.74) is 0. The SMILES string of the molecule is O=C(N[C@@H]1CCN(CC2CCCC2)C1)N[C@@H](c1nccs1)C1CC1. The molecule has 24 heavy (non-hydrogen) atoms. The largest absolute Gasteiger partial charge is 0.334 e. The normalized spacial score (nSPS) is 26.6. The topological polar surface area (TPSA) is 57.3 Å². The average Bonchev–Trinajstić information content (AvgIpc) is 3.00. The number of rotatable bonds is 6. The molecule has 2 N–H and O–H groups in total. The zero-order valence-electron chi connectivity index (χ0n) is 14.2. The molecule has 5 nitrogen and oxygen atoms in total. The molecule has 1 aromatic heterocycles. The zero-order valence-corrected chi connectivity index (χ0v) is 15.1. The van der Waals surface area contributed by atoms with Crippen molar-refractivity contribution in [3.63, 3.8) is 0 Å². The zero-order chi connectivity index (χ0) is 16.4. The molecule has 0 spiro atoms. The van der Waals surface area contributed by atoms with Crippen LogP contribution in [0.5, 0.6) is 0 Å². The van der Waals surface area contributed by atoms with Crippen LogP contribution in [0.1, 0.15) is 56.0 Å². The Morgan fingerprint density at radius 1 is 1.29 bits per heavy atom. The van der Waals surface area contributed by atoms with Crippen molar-refractivity contribution in [2.24, 2.45) is 11.8 Å². The fourth-order valence-electron chi connectivity index (χ4n) is 4.24. The highest BCUT2D eigenvalue weighted by Crippen LogP contribution is 2.41. The average molecular weight is 349 g/mol. The van der Waals surface area contributed by atoms with Gasteiger partial charge in [0.2, 0.25) is 0 Å². The van der Waals surface area contributed by atoms with E-state index in [0.717, 1.165) is 30.4 Å². The van der Waals surface area contributed by atoms with E-state index in [9.17, 15) is 4.79 Å². The van der Waals surface area contributed by atoms with Gasteiger partial charge >= 0.3 is 6.03 Å². The lowest BCUT2D eigenvalue weighted by Crippen LogP contribution is -2.45. The van der Waals surface area contributed by atoms with E-state index in [-0.39, 0.29) is 12.1 Å². The molecule has 2 aliphatic carbocycles. The van der Waals surface area contributed by atoms with E-state index in [4.69, 9.17) is 0 Å². The molecule has 1 saturated heterocycles. The number of carbonyl (C=O) groups is 1. The van der Waals surface area contributed by atoms with Gasteiger partial charge in [0, 0.05) is 37.3 Å². The predicted octanol–water partition coefficient (Wildman–Crippen LogP) is 3.16. The number of likely N-dealkylation sites (tertiary alicyclic amines) is 1. The Hall–Kier alpha value is -1.14. The van der Waals surface area contributed by atoms with Crippen molar-refractivity contribution in [1.29, 1.82) is 0 Å². The van der Waals surface area contributed by atoms with Crippen molar-refractivity contribution in [3.05, 3.63) is 16.6 Å². The van der Waals surface area contributed by atoms with Crippen molar-refractivity contribution < 1.29 is 4.79 Å². The van der Waals surface area contributed by atoms with Crippen LogP contribution in [0.25, 0.3) is 0 Å². The first-order valence-corrected chi connectivity index (χ1v) is 10.3. The molecule has 6 heteroatoms. The second-order valence-electron chi connectivity index (χ2n) is 7.70. The van der Waals surface area contributed by atoms with E-state index < -0.39 is 0 Å². The Morgan fingerprint density at radius 2 is 2.12 bits per heavy atom. The fourth-order valence-corrected chi connectivity index (χ4v) is 5.02. The Kier molecular flexibility index (Phi) is 5.03. The van der Waals surface area contributed by atoms with E-state index >= 15 is 0 Å². The summed E-state index contributed by atoms with van der Waals surface area (Å²) in [6.07, 6.45) is 10.9. The van der Waals surface area contributed by atoms with Gasteiger partial charge in [-0.15, -0.1) is 11.3 Å². The minimum Gasteiger partial charge on any atom is -0.334 e. The lowest BCUT2D eigenvalue weighted by molar-refractivity contribution is 0.229. The van der Waals surface area contributed by atoms with Crippen LogP contribution in [0.3, 0.4) is 0 Å². The van der Waals surface area contributed by atoms with E-state index in [2.05, 4.69) is 20.5 Å². The van der Waals surface area contributed by atoms with E-state index in [1.165, 1.54) is 45.1 Å². The van der Waals surface area contributed by atoms with Crippen molar-refractivity contribution >= 4 is 17.4 Å². The van der Waals surface area contributed by atoms with Crippen molar-refractivity contribution in [2.75, 3.05) is 19.6 Å². The van der Waals surface area contributed by atoms with Crippen molar-refractivity contribution in [2.45, 2.75) is 57.0 Å². The highest BCUT2D eigenvalue weighted by molar-refractivity contribution is 7.09. The summed E-state index contributed by atoms with van der Waals surface area (Å²) >= 11 is 1.64. The summed E-state index contributed by atoms with van der Waals surface area (Å²) < 4.78 is 0. The van der Waals surface area contributed by atoms with Gasteiger partial charge < -0.3 is 15.5 Å². The molecule has 0 radical (unpaired) electrons. The summed E-state index contributed by atoms with van der Waals surface area (Å²) in [4.78, 5) is 19.4. The Balaban J connectivity index is 1.24. The molecule has 132 valence electrons. The quantitative estimate of drug-likeness (QED) is 0.830. The smallest absolute Gasteiger partial charge is 0.315 e. The number of hydrogen-bond donors (Lipinski definition) is 2. The molecule has 3 fully saturated rings. The fraction of sp³-hybridized carbons (Fsp3) is 0.778. The first kappa shape index (κ1) is 16.3. The van der Waals surface area contributed by atoms with Crippen LogP contribution < -0.4 is 10.6 Å². The first-order chi connectivity index (χ1) is 11.8. The molecule has 2 atom stereocenters. The number of thiazole rings is 1. The number of aromatic nitrogens is 1. The minimum absolute atomic E-state index is 0.0187. The third kappa shape index (κ3) is 4.09. The maximum Gasteiger partial charge on any atom is 0.315 e. The monoisotopic (exact) mass is 348 g/mol. The second-order valence-corrected chi connectivity index (χ2v) is 8.63. The third-order valence-electron chi connectivity index (χ3n) is 5.70. The molecule has 3 aliphatic rings. The minimum atomic E-state index is -0.0187. The van der Waals surface area contributed by atoms with Crippen LogP contribution in [-0.2, 0) is 0 Å². The second kappa shape index (κ2) is 7.40. The number of carbonyl (C=O) groups excluding carboxylic acids is 1. The maximum atomic E-state index is 12.4. The van der Waals surface area contributed by atoms with Gasteiger partial charge in [0.15, 0.2) is 0 Å². The highest BCUT2D eigenvalue weighted by atomic mass is 32.1. The number of urea groups is 1. The molecule has 2 saturated carbocycles. The third-order valence-corrected chi connectivity index (χ3v) is 6.55. The van der Waals surface area contributed by atoms with E-state index in [1.807, 2.05) is 11.6 Å². The highest BCUT2D eigenvalue weighted by Gasteiger charge is 2.35. The lowest BCUT2D eigenvalue weighted by Gasteiger charge is -2.21. The van der Waals surface area contributed by atoms with Crippen LogP contribution in [0, 0.1) is 11.8 Å². The number of nitrogens with zero attached hydrogens (tertiary/aromatic N) is 2. The molecule has 0 unspecified atom stereocenters. The molecule has 1 aromatic rings. The molecule has 0 bridgehead atoms. The molecule has 2 amide bonds. The van der Waals surface area contributed by atoms with E-state index in [1.54, 1.807) is 11.3 Å². The Morgan fingerprint density at radius 3 is 2.83 bits per heavy atom. The number of hydrogen-bond acceptors (Lipinski definition) is 4. The summed E-state index contributed by atoms with van der Waals surface area (Å²) in [7, 11) is 0. The van der Waals surface area contributed by atoms with Gasteiger partial charge in [0.05, 0.1) is 6.04 Å². The van der Waals surface area contributed by atoms with Gasteiger partial charge in [-0.1, -0.05) is 12.8 Å². The standard InChI is InChI=1S/C18H28N4OS/c23-18(21-16(14-5-6-14)17-19-8-10-24-17)20-15-7-9-22(12-15)11-13-3-1-2-4-13/h8,10,13-16H,1-7,9,11-12H2,(H2,20,21,23)/t15-,16-/m1/s1. The van der Waals surface area contributed by atoms with Crippen LogP contribution in [0.2, 0.25) is 0 Å². The molecule has 1 aliphatic heterocycles. The molecule has 0 aromatic carbocycles. The van der Waals surface area contributed by atoms with Gasteiger partial charge in [-0.2, -0.15) is 0 Å². The molecule has 2 heterocycles. The summed E-state index contributed by atoms with van der Waals surface area (Å²) in [6, 6.07) is 0.373. The summed E-state index contributed by atoms with van der Waals surface area (Å²) in [6.45, 7) is 3.36. The Labute approximate surface area is 148 Å². The van der Waals surface area contributed by atoms with Crippen LogP contribution in [-0.4, -0.2) is 41.6 Å². The lowest BCUT2D eigenvalue weighted by atomic mass is 10.1. The van der Waals surface area contributed by atoms with Crippen molar-refractivity contribution in [1.82, 2.24) is 20.5 Å². The van der Waals surface area contributed by atoms with Gasteiger partial charge in [-0.05, 0) is 43.9 Å². The summed E-state index contributed by atoms with van der Waals surface area (Å²) in [5, 5.41) is 9.40. The van der Waals surface area contributed by atoms with Gasteiger partial charge in [-0.25, -0.2) is 9.78 Å². The van der Waals surface area contributed by atoms with Crippen LogP contribution in [0.4, 0.5) is 4.79 Å². The van der Waals surface area contributed by atoms with Crippen LogP contribution >= 0.6 is 11.3 Å². The predicted molar refractivity (Wildman–Crippen MR) is 96.0 cm³/mol. The van der Waals surface area contributed by atoms with Crippen molar-refractivity contribution in [3.8, 4) is 0 Å². The summed E-state index contributed by atoms with van der Waals surface area (Å²) in [5.74, 6) is 1.46. The molecule has 4 rings (SSSR count). The molecular weight excluding hydrogens is 320 g/mol. The van der Waals surface area contributed by atoms with Gasteiger partial charge in [0.1, 0.15) is 5.01 Å². The van der Waals surface area contributed by atoms with Crippen LogP contribution in [0.15, 0.2) is 11.6 Å². The Bertz CT molecular complexity index is 539. The van der Waals surface area contributed by atoms with Gasteiger partial charge in [-0.3, -0.25) is 0 Å². The first-order valence-electron chi connectivity index (χ1n) is 9.46. The van der Waals surface area contributed by atoms with Gasteiger partial charge in [0.25, 0.3) is 0 Å². The maximum absolute atomic E-state index is 12.4. The molecular formula is C18H28N4OS. The number of nitrogens with one attached hydrogen (secondary N) is 2.